The lowest BCUT2D eigenvalue weighted by atomic mass is 9.74. The van der Waals surface area contributed by atoms with Crippen molar-refractivity contribution < 1.29 is 24.5 Å². The summed E-state index contributed by atoms with van der Waals surface area (Å²) in [5.74, 6) is -1.55. The second kappa shape index (κ2) is 11.5. The molecule has 188 valence electrons. The van der Waals surface area contributed by atoms with Crippen molar-refractivity contribution in [2.75, 3.05) is 6.54 Å². The van der Waals surface area contributed by atoms with Gasteiger partial charge in [-0.1, -0.05) is 49.3 Å². The summed E-state index contributed by atoms with van der Waals surface area (Å²) in [4.78, 5) is 31.7. The summed E-state index contributed by atoms with van der Waals surface area (Å²) >= 11 is 0. The first kappa shape index (κ1) is 26.4. The number of carbonyl (C=O) groups is 2. The van der Waals surface area contributed by atoms with Crippen molar-refractivity contribution in [1.29, 1.82) is 0 Å². The molecule has 1 aromatic carbocycles. The molecular formula is C24H34BN5O5. The van der Waals surface area contributed by atoms with Crippen LogP contribution in [-0.4, -0.2) is 62.6 Å². The molecule has 0 bridgehead atoms. The summed E-state index contributed by atoms with van der Waals surface area (Å²) in [6.07, 6.45) is 2.51. The molecule has 10 nitrogen and oxygen atoms in total. The molecule has 2 aromatic rings. The van der Waals surface area contributed by atoms with Crippen LogP contribution in [0.1, 0.15) is 62.6 Å². The number of oxime groups is 1. The highest BCUT2D eigenvalue weighted by Crippen LogP contribution is 2.29. The van der Waals surface area contributed by atoms with E-state index in [2.05, 4.69) is 20.9 Å². The summed E-state index contributed by atoms with van der Waals surface area (Å²) in [5.41, 5.74) is 0.287. The fraction of sp³-hybridized carbons (Fsp3) is 0.500. The zero-order valence-corrected chi connectivity index (χ0v) is 20.6. The van der Waals surface area contributed by atoms with E-state index in [-0.39, 0.29) is 37.3 Å². The van der Waals surface area contributed by atoms with E-state index in [0.29, 0.717) is 17.8 Å². The van der Waals surface area contributed by atoms with Crippen LogP contribution >= 0.6 is 0 Å². The fourth-order valence-corrected chi connectivity index (χ4v) is 3.95. The lowest BCUT2D eigenvalue weighted by molar-refractivity contribution is -0.144. The largest absolute Gasteiger partial charge is 0.475 e. The number of hydrogen-bond acceptors (Lipinski definition) is 7. The third-order valence-electron chi connectivity index (χ3n) is 5.81. The zero-order chi connectivity index (χ0) is 25.6. The monoisotopic (exact) mass is 483 g/mol. The number of nitrogens with zero attached hydrogens (tertiary/aromatic N) is 3. The van der Waals surface area contributed by atoms with Gasteiger partial charge in [0.2, 0.25) is 5.60 Å². The molecule has 0 fully saturated rings. The first-order chi connectivity index (χ1) is 16.6. The molecule has 4 N–H and O–H groups in total. The minimum Gasteiger partial charge on any atom is -0.426 e. The number of nitrogens with one attached hydrogen (secondary N) is 2. The number of amides is 2. The van der Waals surface area contributed by atoms with Crippen LogP contribution in [0.15, 0.2) is 47.8 Å². The van der Waals surface area contributed by atoms with E-state index in [1.54, 1.807) is 16.9 Å². The SMILES string of the molecule is CC(C)C[C@H](NC(=O)C1(Cc2ccccc2)CC(CNC(=O)c2ccn(C(C)C)n2)=NO1)B(O)O. The zero-order valence-electron chi connectivity index (χ0n) is 20.6. The van der Waals surface area contributed by atoms with Crippen molar-refractivity contribution >= 4 is 24.6 Å². The molecule has 2 amide bonds. The van der Waals surface area contributed by atoms with E-state index >= 15 is 0 Å². The molecule has 2 heterocycles. The van der Waals surface area contributed by atoms with Crippen LogP contribution < -0.4 is 10.6 Å². The fourth-order valence-electron chi connectivity index (χ4n) is 3.95. The molecule has 0 radical (unpaired) electrons. The molecule has 35 heavy (non-hydrogen) atoms. The number of aromatic nitrogens is 2. The van der Waals surface area contributed by atoms with Gasteiger partial charge in [-0.05, 0) is 37.8 Å². The predicted octanol–water partition coefficient (Wildman–Crippen LogP) is 1.49. The van der Waals surface area contributed by atoms with Gasteiger partial charge in [0.05, 0.1) is 18.2 Å². The van der Waals surface area contributed by atoms with E-state index in [1.807, 2.05) is 58.0 Å². The summed E-state index contributed by atoms with van der Waals surface area (Å²) in [6, 6.07) is 11.2. The average Bonchev–Trinajstić information content (AvgIpc) is 3.46. The van der Waals surface area contributed by atoms with Crippen LogP contribution in [0.3, 0.4) is 0 Å². The Morgan fingerprint density at radius 3 is 2.49 bits per heavy atom. The van der Waals surface area contributed by atoms with Crippen LogP contribution in [0.4, 0.5) is 0 Å². The Bertz CT molecular complexity index is 1040. The summed E-state index contributed by atoms with van der Waals surface area (Å²) in [5, 5.41) is 33.5. The topological polar surface area (TPSA) is 138 Å². The molecule has 0 saturated heterocycles. The van der Waals surface area contributed by atoms with E-state index in [0.717, 1.165) is 5.56 Å². The number of hydrogen-bond donors (Lipinski definition) is 4. The average molecular weight is 483 g/mol. The van der Waals surface area contributed by atoms with Gasteiger partial charge in [-0.3, -0.25) is 14.3 Å². The summed E-state index contributed by atoms with van der Waals surface area (Å²) in [6.45, 7) is 7.90. The highest BCUT2D eigenvalue weighted by atomic mass is 16.7. The van der Waals surface area contributed by atoms with Crippen LogP contribution in [0, 0.1) is 5.92 Å². The molecule has 3 rings (SSSR count). The van der Waals surface area contributed by atoms with Crippen molar-refractivity contribution in [3.8, 4) is 0 Å². The molecule has 1 unspecified atom stereocenters. The van der Waals surface area contributed by atoms with Gasteiger partial charge in [-0.15, -0.1) is 0 Å². The maximum absolute atomic E-state index is 13.4. The second-order valence-electron chi connectivity index (χ2n) is 9.66. The van der Waals surface area contributed by atoms with Crippen molar-refractivity contribution in [2.24, 2.45) is 11.1 Å². The van der Waals surface area contributed by atoms with E-state index in [1.165, 1.54) is 0 Å². The molecule has 0 aliphatic carbocycles. The molecule has 2 atom stereocenters. The van der Waals surface area contributed by atoms with Gasteiger partial charge in [0, 0.05) is 25.1 Å². The number of rotatable bonds is 11. The molecule has 0 spiro atoms. The maximum Gasteiger partial charge on any atom is 0.475 e. The normalized spacial score (nSPS) is 18.2. The van der Waals surface area contributed by atoms with Crippen molar-refractivity contribution in [2.45, 2.75) is 64.5 Å². The second-order valence-corrected chi connectivity index (χ2v) is 9.66. The van der Waals surface area contributed by atoms with Gasteiger partial charge in [0.1, 0.15) is 5.69 Å². The highest BCUT2D eigenvalue weighted by molar-refractivity contribution is 6.43. The maximum atomic E-state index is 13.4. The lowest BCUT2D eigenvalue weighted by Gasteiger charge is -2.29. The van der Waals surface area contributed by atoms with Crippen LogP contribution in [-0.2, 0) is 16.1 Å². The van der Waals surface area contributed by atoms with Crippen molar-refractivity contribution in [3.05, 3.63) is 53.9 Å². The standard InChI is InChI=1S/C24H34BN5O5/c1-16(2)12-21(25(33)34)27-23(32)24(13-18-8-6-5-7-9-18)14-19(29-35-24)15-26-22(31)20-10-11-30(28-20)17(3)4/h5-11,16-17,21,33-34H,12-15H2,1-4H3,(H,26,31)(H,27,32)/t21-,24?/m0/s1. The van der Waals surface area contributed by atoms with E-state index in [9.17, 15) is 19.6 Å². The van der Waals surface area contributed by atoms with Gasteiger partial charge in [-0.25, -0.2) is 0 Å². The Labute approximate surface area is 205 Å². The van der Waals surface area contributed by atoms with Crippen LogP contribution in [0.2, 0.25) is 0 Å². The Morgan fingerprint density at radius 1 is 1.17 bits per heavy atom. The first-order valence-electron chi connectivity index (χ1n) is 11.9. The van der Waals surface area contributed by atoms with Gasteiger partial charge < -0.3 is 25.5 Å². The number of carbonyl (C=O) groups excluding carboxylic acids is 2. The Hall–Kier alpha value is -3.18. The summed E-state index contributed by atoms with van der Waals surface area (Å²) < 4.78 is 1.70. The lowest BCUT2D eigenvalue weighted by Crippen LogP contribution is -2.56. The Balaban J connectivity index is 1.71. The molecule has 1 aromatic heterocycles. The quantitative estimate of drug-likeness (QED) is 0.358. The minimum absolute atomic E-state index is 0.0925. The third-order valence-corrected chi connectivity index (χ3v) is 5.81. The highest BCUT2D eigenvalue weighted by Gasteiger charge is 2.48. The molecule has 11 heteroatoms. The summed E-state index contributed by atoms with van der Waals surface area (Å²) in [7, 11) is -1.71. The Morgan fingerprint density at radius 2 is 1.89 bits per heavy atom. The van der Waals surface area contributed by atoms with Crippen LogP contribution in [0.5, 0.6) is 0 Å². The van der Waals surface area contributed by atoms with Crippen molar-refractivity contribution in [1.82, 2.24) is 20.4 Å². The van der Waals surface area contributed by atoms with E-state index in [4.69, 9.17) is 4.84 Å². The first-order valence-corrected chi connectivity index (χ1v) is 11.9. The van der Waals surface area contributed by atoms with Crippen LogP contribution in [0.25, 0.3) is 0 Å². The Kier molecular flexibility index (Phi) is 8.69. The molecule has 0 saturated carbocycles. The minimum atomic E-state index is -1.71. The van der Waals surface area contributed by atoms with Gasteiger partial charge in [-0.2, -0.15) is 5.10 Å². The van der Waals surface area contributed by atoms with Gasteiger partial charge in [0.15, 0.2) is 0 Å². The van der Waals surface area contributed by atoms with Gasteiger partial charge in [0.25, 0.3) is 11.8 Å². The van der Waals surface area contributed by atoms with E-state index < -0.39 is 24.6 Å². The molecule has 1 aliphatic heterocycles. The van der Waals surface area contributed by atoms with Gasteiger partial charge >= 0.3 is 7.12 Å². The third kappa shape index (κ3) is 6.92. The molecule has 1 aliphatic rings. The smallest absolute Gasteiger partial charge is 0.426 e. The van der Waals surface area contributed by atoms with Crippen molar-refractivity contribution in [3.63, 3.8) is 0 Å². The number of benzene rings is 1. The molecular weight excluding hydrogens is 449 g/mol. The predicted molar refractivity (Wildman–Crippen MR) is 133 cm³/mol.